The zero-order valence-electron chi connectivity index (χ0n) is 10.1. The van der Waals surface area contributed by atoms with Crippen molar-refractivity contribution >= 4 is 5.82 Å². The van der Waals surface area contributed by atoms with E-state index in [4.69, 9.17) is 0 Å². The summed E-state index contributed by atoms with van der Waals surface area (Å²) in [5, 5.41) is 3.01. The summed E-state index contributed by atoms with van der Waals surface area (Å²) in [6.45, 7) is 2.70. The van der Waals surface area contributed by atoms with Crippen LogP contribution in [0.25, 0.3) is 0 Å². The Kier molecular flexibility index (Phi) is 3.62. The number of rotatable bonds is 4. The van der Waals surface area contributed by atoms with Crippen LogP contribution < -0.4 is 16.6 Å². The number of hydrogen-bond donors (Lipinski definition) is 3. The molecular formula is C13H15N3O2. The fourth-order valence-corrected chi connectivity index (χ4v) is 1.66. The van der Waals surface area contributed by atoms with E-state index in [9.17, 15) is 9.59 Å². The molecule has 0 atom stereocenters. The van der Waals surface area contributed by atoms with Gasteiger partial charge in [-0.3, -0.25) is 14.8 Å². The maximum Gasteiger partial charge on any atom is 0.327 e. The number of aromatic amines is 2. The first kappa shape index (κ1) is 12.2. The summed E-state index contributed by atoms with van der Waals surface area (Å²) in [7, 11) is 0. The standard InChI is InChI=1S/C13H15N3O2/c1-9-2-4-10(5-3-9)6-7-14-11-8-12(17)16-13(18)15-11/h2-5,8H,6-7H2,1H3,(H3,14,15,16,17,18). The van der Waals surface area contributed by atoms with E-state index in [1.807, 2.05) is 6.92 Å². The molecule has 5 heteroatoms. The lowest BCUT2D eigenvalue weighted by Crippen LogP contribution is -2.23. The highest BCUT2D eigenvalue weighted by molar-refractivity contribution is 5.32. The van der Waals surface area contributed by atoms with Crippen molar-refractivity contribution in [3.05, 3.63) is 62.3 Å². The van der Waals surface area contributed by atoms with Gasteiger partial charge in [0.2, 0.25) is 0 Å². The van der Waals surface area contributed by atoms with E-state index >= 15 is 0 Å². The first-order chi connectivity index (χ1) is 8.63. The molecule has 0 saturated heterocycles. The van der Waals surface area contributed by atoms with Crippen molar-refractivity contribution in [3.8, 4) is 0 Å². The van der Waals surface area contributed by atoms with Gasteiger partial charge in [0.15, 0.2) is 0 Å². The smallest absolute Gasteiger partial charge is 0.327 e. The molecule has 1 aromatic carbocycles. The second kappa shape index (κ2) is 5.35. The van der Waals surface area contributed by atoms with E-state index in [-0.39, 0.29) is 0 Å². The molecule has 2 rings (SSSR count). The second-order valence-electron chi connectivity index (χ2n) is 4.16. The number of benzene rings is 1. The van der Waals surface area contributed by atoms with Crippen molar-refractivity contribution in [2.75, 3.05) is 11.9 Å². The molecule has 0 bridgehead atoms. The predicted octanol–water partition coefficient (Wildman–Crippen LogP) is 1.03. The van der Waals surface area contributed by atoms with Gasteiger partial charge in [0, 0.05) is 12.6 Å². The topological polar surface area (TPSA) is 77.8 Å². The van der Waals surface area contributed by atoms with Crippen molar-refractivity contribution < 1.29 is 0 Å². The number of aromatic nitrogens is 2. The zero-order valence-corrected chi connectivity index (χ0v) is 10.1. The molecular weight excluding hydrogens is 230 g/mol. The molecule has 0 aliphatic rings. The molecule has 0 unspecified atom stereocenters. The lowest BCUT2D eigenvalue weighted by molar-refractivity contribution is 0.974. The van der Waals surface area contributed by atoms with E-state index in [0.29, 0.717) is 12.4 Å². The largest absolute Gasteiger partial charge is 0.371 e. The van der Waals surface area contributed by atoms with Crippen LogP contribution in [-0.2, 0) is 6.42 Å². The molecule has 0 radical (unpaired) electrons. The van der Waals surface area contributed by atoms with E-state index in [2.05, 4.69) is 39.6 Å². The van der Waals surface area contributed by atoms with Gasteiger partial charge in [0.1, 0.15) is 5.82 Å². The maximum atomic E-state index is 11.1. The highest BCUT2D eigenvalue weighted by Crippen LogP contribution is 2.04. The zero-order chi connectivity index (χ0) is 13.0. The minimum absolute atomic E-state index is 0.406. The fourth-order valence-electron chi connectivity index (χ4n) is 1.66. The summed E-state index contributed by atoms with van der Waals surface area (Å²) >= 11 is 0. The Morgan fingerprint density at radius 1 is 1.11 bits per heavy atom. The van der Waals surface area contributed by atoms with Gasteiger partial charge in [-0.1, -0.05) is 29.8 Å². The molecule has 0 aliphatic heterocycles. The first-order valence-electron chi connectivity index (χ1n) is 5.76. The number of H-pyrrole nitrogens is 2. The molecule has 0 amide bonds. The molecule has 0 spiro atoms. The Labute approximate surface area is 104 Å². The Balaban J connectivity index is 1.94. The molecule has 3 N–H and O–H groups in total. The molecule has 18 heavy (non-hydrogen) atoms. The fraction of sp³-hybridized carbons (Fsp3) is 0.231. The van der Waals surface area contributed by atoms with Crippen molar-refractivity contribution in [2.45, 2.75) is 13.3 Å². The second-order valence-corrected chi connectivity index (χ2v) is 4.16. The third-order valence-electron chi connectivity index (χ3n) is 2.61. The average molecular weight is 245 g/mol. The van der Waals surface area contributed by atoms with Gasteiger partial charge in [0.25, 0.3) is 5.56 Å². The first-order valence-corrected chi connectivity index (χ1v) is 5.76. The lowest BCUT2D eigenvalue weighted by atomic mass is 10.1. The number of anilines is 1. The van der Waals surface area contributed by atoms with Crippen LogP contribution in [0.5, 0.6) is 0 Å². The van der Waals surface area contributed by atoms with Crippen LogP contribution in [0.3, 0.4) is 0 Å². The highest BCUT2D eigenvalue weighted by atomic mass is 16.2. The summed E-state index contributed by atoms with van der Waals surface area (Å²) in [5.74, 6) is 0.441. The molecule has 0 aliphatic carbocycles. The average Bonchev–Trinajstić information content (AvgIpc) is 2.30. The van der Waals surface area contributed by atoms with Gasteiger partial charge in [-0.05, 0) is 18.9 Å². The van der Waals surface area contributed by atoms with Crippen molar-refractivity contribution in [1.29, 1.82) is 0 Å². The van der Waals surface area contributed by atoms with E-state index in [1.165, 1.54) is 17.2 Å². The normalized spacial score (nSPS) is 10.3. The number of aryl methyl sites for hydroxylation is 1. The van der Waals surface area contributed by atoms with Crippen molar-refractivity contribution in [3.63, 3.8) is 0 Å². The summed E-state index contributed by atoms with van der Waals surface area (Å²) in [6, 6.07) is 9.58. The SMILES string of the molecule is Cc1ccc(CCNc2cc(=O)[nH]c(=O)[nH]2)cc1. The molecule has 0 saturated carbocycles. The summed E-state index contributed by atoms with van der Waals surface area (Å²) < 4.78 is 0. The lowest BCUT2D eigenvalue weighted by Gasteiger charge is -2.05. The highest BCUT2D eigenvalue weighted by Gasteiger charge is 1.96. The van der Waals surface area contributed by atoms with Crippen LogP contribution in [-0.4, -0.2) is 16.5 Å². The third-order valence-corrected chi connectivity index (χ3v) is 2.61. The summed E-state index contributed by atoms with van der Waals surface area (Å²) in [4.78, 5) is 26.7. The van der Waals surface area contributed by atoms with Gasteiger partial charge in [-0.25, -0.2) is 4.79 Å². The van der Waals surface area contributed by atoms with Crippen LogP contribution in [0.1, 0.15) is 11.1 Å². The van der Waals surface area contributed by atoms with Gasteiger partial charge in [-0.15, -0.1) is 0 Å². The third kappa shape index (κ3) is 3.35. The Morgan fingerprint density at radius 2 is 1.83 bits per heavy atom. The van der Waals surface area contributed by atoms with Crippen molar-refractivity contribution in [2.24, 2.45) is 0 Å². The van der Waals surface area contributed by atoms with Crippen LogP contribution in [0, 0.1) is 6.92 Å². The minimum Gasteiger partial charge on any atom is -0.371 e. The molecule has 1 heterocycles. The van der Waals surface area contributed by atoms with Crippen molar-refractivity contribution in [1.82, 2.24) is 9.97 Å². The Morgan fingerprint density at radius 3 is 2.50 bits per heavy atom. The minimum atomic E-state index is -0.500. The van der Waals surface area contributed by atoms with Crippen LogP contribution >= 0.6 is 0 Å². The number of hydrogen-bond acceptors (Lipinski definition) is 3. The summed E-state index contributed by atoms with van der Waals surface area (Å²) in [5.41, 5.74) is 1.53. The molecule has 1 aromatic heterocycles. The van der Waals surface area contributed by atoms with Gasteiger partial charge >= 0.3 is 5.69 Å². The Hall–Kier alpha value is -2.30. The van der Waals surface area contributed by atoms with Crippen LogP contribution in [0.4, 0.5) is 5.82 Å². The molecule has 5 nitrogen and oxygen atoms in total. The quantitative estimate of drug-likeness (QED) is 0.752. The van der Waals surface area contributed by atoms with E-state index in [0.717, 1.165) is 6.42 Å². The van der Waals surface area contributed by atoms with E-state index in [1.54, 1.807) is 0 Å². The van der Waals surface area contributed by atoms with Gasteiger partial charge in [-0.2, -0.15) is 0 Å². The van der Waals surface area contributed by atoms with Gasteiger partial charge < -0.3 is 5.32 Å². The molecule has 94 valence electrons. The number of nitrogens with one attached hydrogen (secondary N) is 3. The molecule has 0 fully saturated rings. The molecule has 2 aromatic rings. The van der Waals surface area contributed by atoms with Crippen LogP contribution in [0.2, 0.25) is 0 Å². The van der Waals surface area contributed by atoms with Gasteiger partial charge in [0.05, 0.1) is 0 Å². The van der Waals surface area contributed by atoms with E-state index < -0.39 is 11.2 Å². The van der Waals surface area contributed by atoms with Crippen LogP contribution in [0.15, 0.2) is 39.9 Å². The maximum absolute atomic E-state index is 11.1. The monoisotopic (exact) mass is 245 g/mol. The summed E-state index contributed by atoms with van der Waals surface area (Å²) in [6.07, 6.45) is 0.828. The predicted molar refractivity (Wildman–Crippen MR) is 71.1 cm³/mol. The Bertz CT molecular complexity index is 597.